The number of hydrogen-bond acceptors (Lipinski definition) is 7. The Balaban J connectivity index is 2.01. The van der Waals surface area contributed by atoms with Gasteiger partial charge >= 0.3 is 0 Å². The molecular formula is C20H17F2N5O2S. The Labute approximate surface area is 174 Å². The summed E-state index contributed by atoms with van der Waals surface area (Å²) in [5.74, 6) is -0.0218. The number of methoxy groups -OCH3 is 1. The summed E-state index contributed by atoms with van der Waals surface area (Å²) in [6.45, 7) is 0. The van der Waals surface area contributed by atoms with Crippen LogP contribution in [0, 0.1) is 0 Å². The highest BCUT2D eigenvalue weighted by Gasteiger charge is 2.50. The summed E-state index contributed by atoms with van der Waals surface area (Å²) in [4.78, 5) is 27.0. The Morgan fingerprint density at radius 2 is 2.00 bits per heavy atom. The Morgan fingerprint density at radius 1 is 1.20 bits per heavy atom. The number of ether oxygens (including phenoxy) is 1. The van der Waals surface area contributed by atoms with Gasteiger partial charge in [0, 0.05) is 24.2 Å². The lowest BCUT2D eigenvalue weighted by molar-refractivity contribution is -0.129. The molecule has 1 unspecified atom stereocenters. The van der Waals surface area contributed by atoms with Crippen molar-refractivity contribution in [3.8, 4) is 17.0 Å². The standard InChI is InChI=1S/C20H17F2N5O2S/c1-27-18(28)20(26-19(27)23,12-3-4-24-15(8-12)17(21)22)13-5-11(6-14(7-13)29-2)16-9-30-10-25-16/h3-10,17H,1-2H3,(H2,23,26). The maximum Gasteiger partial charge on any atom is 0.280 e. The number of carbonyl (C=O) groups excluding carboxylic acids is 1. The van der Waals surface area contributed by atoms with Gasteiger partial charge in [0.2, 0.25) is 0 Å². The number of guanidine groups is 1. The second-order valence-electron chi connectivity index (χ2n) is 6.64. The molecule has 1 aliphatic heterocycles. The minimum Gasteiger partial charge on any atom is -0.497 e. The Bertz CT molecular complexity index is 1140. The van der Waals surface area contributed by atoms with Crippen LogP contribution in [0.15, 0.2) is 52.4 Å². The smallest absolute Gasteiger partial charge is 0.280 e. The molecule has 0 aliphatic carbocycles. The van der Waals surface area contributed by atoms with Gasteiger partial charge in [0.05, 0.1) is 18.3 Å². The van der Waals surface area contributed by atoms with Gasteiger partial charge < -0.3 is 10.5 Å². The van der Waals surface area contributed by atoms with Crippen LogP contribution in [0.25, 0.3) is 11.3 Å². The van der Waals surface area contributed by atoms with Crippen LogP contribution in [-0.2, 0) is 10.3 Å². The van der Waals surface area contributed by atoms with E-state index in [1.54, 1.807) is 23.7 Å². The van der Waals surface area contributed by atoms with Crippen molar-refractivity contribution in [2.24, 2.45) is 10.7 Å². The monoisotopic (exact) mass is 429 g/mol. The highest BCUT2D eigenvalue weighted by molar-refractivity contribution is 7.07. The molecule has 0 saturated carbocycles. The van der Waals surface area contributed by atoms with Gasteiger partial charge in [0.1, 0.15) is 11.4 Å². The van der Waals surface area contributed by atoms with E-state index in [1.807, 2.05) is 5.38 Å². The molecule has 0 saturated heterocycles. The predicted molar refractivity (Wildman–Crippen MR) is 108 cm³/mol. The molecule has 1 aliphatic rings. The third-order valence-electron chi connectivity index (χ3n) is 4.95. The van der Waals surface area contributed by atoms with Crippen molar-refractivity contribution in [3.05, 3.63) is 64.2 Å². The highest BCUT2D eigenvalue weighted by Crippen LogP contribution is 2.42. The van der Waals surface area contributed by atoms with Crippen LogP contribution < -0.4 is 10.5 Å². The van der Waals surface area contributed by atoms with E-state index in [2.05, 4.69) is 15.0 Å². The molecule has 0 spiro atoms. The van der Waals surface area contributed by atoms with Gasteiger partial charge in [-0.2, -0.15) is 0 Å². The first-order chi connectivity index (χ1) is 14.4. The number of nitrogens with zero attached hydrogens (tertiary/aromatic N) is 4. The molecule has 30 heavy (non-hydrogen) atoms. The maximum atomic E-state index is 13.4. The minimum absolute atomic E-state index is 0.0200. The number of amides is 1. The Kier molecular flexibility index (Phi) is 4.94. The summed E-state index contributed by atoms with van der Waals surface area (Å²) in [7, 11) is 2.98. The first-order valence-electron chi connectivity index (χ1n) is 8.83. The highest BCUT2D eigenvalue weighted by atomic mass is 32.1. The number of aromatic nitrogens is 2. The molecule has 10 heteroatoms. The van der Waals surface area contributed by atoms with Crippen molar-refractivity contribution in [2.45, 2.75) is 12.0 Å². The molecule has 0 bridgehead atoms. The van der Waals surface area contributed by atoms with Crippen LogP contribution >= 0.6 is 11.3 Å². The summed E-state index contributed by atoms with van der Waals surface area (Å²) in [5, 5.41) is 1.85. The van der Waals surface area contributed by atoms with Crippen molar-refractivity contribution in [2.75, 3.05) is 14.2 Å². The zero-order valence-electron chi connectivity index (χ0n) is 16.0. The number of carbonyl (C=O) groups is 1. The SMILES string of the molecule is COc1cc(-c2cscn2)cc(C2(c3ccnc(C(F)F)c3)N=C(N)N(C)C2=O)c1. The summed E-state index contributed by atoms with van der Waals surface area (Å²) >= 11 is 1.42. The van der Waals surface area contributed by atoms with E-state index in [9.17, 15) is 13.6 Å². The van der Waals surface area contributed by atoms with Crippen molar-refractivity contribution < 1.29 is 18.3 Å². The zero-order chi connectivity index (χ0) is 21.5. The molecule has 2 N–H and O–H groups in total. The summed E-state index contributed by atoms with van der Waals surface area (Å²) in [6, 6.07) is 7.84. The lowest BCUT2D eigenvalue weighted by Gasteiger charge is -2.27. The molecular weight excluding hydrogens is 412 g/mol. The molecule has 3 heterocycles. The number of rotatable bonds is 5. The summed E-state index contributed by atoms with van der Waals surface area (Å²) in [6.07, 6.45) is -1.56. The van der Waals surface area contributed by atoms with Gasteiger partial charge in [-0.05, 0) is 41.5 Å². The summed E-state index contributed by atoms with van der Waals surface area (Å²) in [5.41, 5.74) is 7.61. The fourth-order valence-corrected chi connectivity index (χ4v) is 3.97. The first kappa shape index (κ1) is 19.9. The van der Waals surface area contributed by atoms with Gasteiger partial charge in [-0.25, -0.2) is 18.8 Å². The van der Waals surface area contributed by atoms with Crippen molar-refractivity contribution >= 4 is 23.2 Å². The largest absolute Gasteiger partial charge is 0.497 e. The van der Waals surface area contributed by atoms with Crippen LogP contribution in [0.2, 0.25) is 0 Å². The normalized spacial score (nSPS) is 18.8. The molecule has 1 aromatic carbocycles. The van der Waals surface area contributed by atoms with Gasteiger partial charge in [-0.1, -0.05) is 0 Å². The Hall–Kier alpha value is -3.40. The molecule has 2 aromatic heterocycles. The molecule has 4 rings (SSSR count). The first-order valence-corrected chi connectivity index (χ1v) is 9.77. The van der Waals surface area contributed by atoms with Gasteiger partial charge in [-0.3, -0.25) is 14.7 Å². The van der Waals surface area contributed by atoms with Crippen LogP contribution in [0.5, 0.6) is 5.75 Å². The van der Waals surface area contributed by atoms with E-state index < -0.39 is 23.6 Å². The molecule has 0 fully saturated rings. The second kappa shape index (κ2) is 7.45. The number of pyridine rings is 1. The lowest BCUT2D eigenvalue weighted by atomic mass is 9.82. The van der Waals surface area contributed by atoms with Gasteiger partial charge in [0.15, 0.2) is 11.5 Å². The average Bonchev–Trinajstić information content (AvgIpc) is 3.37. The zero-order valence-corrected chi connectivity index (χ0v) is 16.9. The molecule has 1 amide bonds. The third-order valence-corrected chi connectivity index (χ3v) is 5.54. The molecule has 1 atom stereocenters. The van der Waals surface area contributed by atoms with E-state index in [4.69, 9.17) is 10.5 Å². The number of thiazole rings is 1. The molecule has 3 aromatic rings. The lowest BCUT2D eigenvalue weighted by Crippen LogP contribution is -2.41. The van der Waals surface area contributed by atoms with E-state index in [0.29, 0.717) is 22.6 Å². The molecule has 154 valence electrons. The number of likely N-dealkylation sites (N-methyl/N-ethyl adjacent to an activating group) is 1. The fourth-order valence-electron chi connectivity index (χ4n) is 3.41. The fraction of sp³-hybridized carbons (Fsp3) is 0.200. The van der Waals surface area contributed by atoms with Crippen LogP contribution in [0.3, 0.4) is 0 Å². The third kappa shape index (κ3) is 3.09. The summed E-state index contributed by atoms with van der Waals surface area (Å²) < 4.78 is 32.1. The van der Waals surface area contributed by atoms with Crippen LogP contribution in [0.1, 0.15) is 23.2 Å². The number of nitrogens with two attached hydrogens (primary N) is 1. The van der Waals surface area contributed by atoms with E-state index in [1.165, 1.54) is 48.7 Å². The topological polar surface area (TPSA) is 93.7 Å². The predicted octanol–water partition coefficient (Wildman–Crippen LogP) is 3.18. The average molecular weight is 429 g/mol. The van der Waals surface area contributed by atoms with Gasteiger partial charge in [0.25, 0.3) is 12.3 Å². The minimum atomic E-state index is -2.80. The second-order valence-corrected chi connectivity index (χ2v) is 7.36. The molecule has 7 nitrogen and oxygen atoms in total. The number of aliphatic imine (C=N–C) groups is 1. The van der Waals surface area contributed by atoms with Crippen molar-refractivity contribution in [1.29, 1.82) is 0 Å². The van der Waals surface area contributed by atoms with E-state index in [-0.39, 0.29) is 11.5 Å². The number of halogens is 2. The van der Waals surface area contributed by atoms with Gasteiger partial charge in [-0.15, -0.1) is 11.3 Å². The number of alkyl halides is 2. The van der Waals surface area contributed by atoms with Crippen LogP contribution in [0.4, 0.5) is 8.78 Å². The number of benzene rings is 1. The Morgan fingerprint density at radius 3 is 2.60 bits per heavy atom. The number of hydrogen-bond donors (Lipinski definition) is 1. The maximum absolute atomic E-state index is 13.4. The van der Waals surface area contributed by atoms with E-state index in [0.717, 1.165) is 0 Å². The van der Waals surface area contributed by atoms with Crippen molar-refractivity contribution in [3.63, 3.8) is 0 Å². The van der Waals surface area contributed by atoms with Crippen LogP contribution in [-0.4, -0.2) is 40.9 Å². The molecule has 0 radical (unpaired) electrons. The van der Waals surface area contributed by atoms with Crippen molar-refractivity contribution in [1.82, 2.24) is 14.9 Å². The quantitative estimate of drug-likeness (QED) is 0.672. The van der Waals surface area contributed by atoms with E-state index >= 15 is 0 Å².